The number of ether oxygens (including phenoxy) is 1. The second-order valence-corrected chi connectivity index (χ2v) is 7.19. The average molecular weight is 318 g/mol. The summed E-state index contributed by atoms with van der Waals surface area (Å²) in [5, 5.41) is 0. The van der Waals surface area contributed by atoms with Gasteiger partial charge in [0.05, 0.1) is 4.90 Å². The van der Waals surface area contributed by atoms with Gasteiger partial charge in [-0.1, -0.05) is 0 Å². The molecule has 1 aliphatic rings. The van der Waals surface area contributed by atoms with Crippen molar-refractivity contribution in [2.75, 3.05) is 25.2 Å². The van der Waals surface area contributed by atoms with Gasteiger partial charge >= 0.3 is 0 Å². The molecule has 0 bridgehead atoms. The first-order valence-electron chi connectivity index (χ1n) is 6.30. The quantitative estimate of drug-likeness (QED) is 0.615. The molecule has 2 rings (SSSR count). The van der Waals surface area contributed by atoms with E-state index in [1.807, 2.05) is 0 Å². The predicted molar refractivity (Wildman–Crippen MR) is 76.6 cm³/mol. The summed E-state index contributed by atoms with van der Waals surface area (Å²) in [6.07, 6.45) is 1.65. The van der Waals surface area contributed by atoms with E-state index in [0.717, 1.165) is 17.7 Å². The second kappa shape index (κ2) is 6.11. The minimum atomic E-state index is -3.74. The van der Waals surface area contributed by atoms with Crippen molar-refractivity contribution < 1.29 is 17.9 Å². The molecule has 7 heteroatoms. The Bertz CT molecular complexity index is 615. The standard InChI is InChI=1S/C13H16ClNO4S/c1-19-8-2-7-15-12-5-4-11(20(14,17)18)9-10(12)3-6-13(15)16/h4-5,9H,2-3,6-8H2,1H3. The zero-order chi connectivity index (χ0) is 14.8. The molecule has 20 heavy (non-hydrogen) atoms. The fourth-order valence-electron chi connectivity index (χ4n) is 2.30. The number of fused-ring (bicyclic) bond motifs is 1. The fraction of sp³-hybridized carbons (Fsp3) is 0.462. The number of methoxy groups -OCH3 is 1. The van der Waals surface area contributed by atoms with Gasteiger partial charge in [-0.15, -0.1) is 0 Å². The lowest BCUT2D eigenvalue weighted by Crippen LogP contribution is -2.36. The Hall–Kier alpha value is -1.11. The molecular weight excluding hydrogens is 302 g/mol. The van der Waals surface area contributed by atoms with E-state index in [9.17, 15) is 13.2 Å². The molecule has 1 aliphatic heterocycles. The summed E-state index contributed by atoms with van der Waals surface area (Å²) in [6, 6.07) is 4.63. The van der Waals surface area contributed by atoms with Gasteiger partial charge in [0.25, 0.3) is 9.05 Å². The maximum Gasteiger partial charge on any atom is 0.261 e. The van der Waals surface area contributed by atoms with E-state index >= 15 is 0 Å². The van der Waals surface area contributed by atoms with Crippen molar-refractivity contribution in [3.63, 3.8) is 0 Å². The first-order valence-corrected chi connectivity index (χ1v) is 8.61. The lowest BCUT2D eigenvalue weighted by molar-refractivity contribution is -0.118. The molecular formula is C13H16ClNO4S. The van der Waals surface area contributed by atoms with E-state index in [0.29, 0.717) is 26.0 Å². The zero-order valence-electron chi connectivity index (χ0n) is 11.1. The number of rotatable bonds is 5. The van der Waals surface area contributed by atoms with Crippen LogP contribution in [0.2, 0.25) is 0 Å². The maximum atomic E-state index is 12.0. The van der Waals surface area contributed by atoms with Gasteiger partial charge in [-0.3, -0.25) is 4.79 Å². The smallest absolute Gasteiger partial charge is 0.261 e. The third-order valence-corrected chi connectivity index (χ3v) is 4.61. The number of nitrogens with zero attached hydrogens (tertiary/aromatic N) is 1. The Kier molecular flexibility index (Phi) is 4.67. The summed E-state index contributed by atoms with van der Waals surface area (Å²) >= 11 is 0. The Morgan fingerprint density at radius 3 is 2.75 bits per heavy atom. The van der Waals surface area contributed by atoms with E-state index in [4.69, 9.17) is 15.4 Å². The number of hydrogen-bond acceptors (Lipinski definition) is 4. The van der Waals surface area contributed by atoms with Gasteiger partial charge in [0.15, 0.2) is 0 Å². The van der Waals surface area contributed by atoms with Gasteiger partial charge in [0.1, 0.15) is 0 Å². The van der Waals surface area contributed by atoms with Crippen LogP contribution in [0, 0.1) is 0 Å². The Morgan fingerprint density at radius 1 is 1.35 bits per heavy atom. The molecule has 1 amide bonds. The van der Waals surface area contributed by atoms with Crippen LogP contribution in [0.1, 0.15) is 18.4 Å². The number of anilines is 1. The molecule has 0 fully saturated rings. The molecule has 110 valence electrons. The summed E-state index contributed by atoms with van der Waals surface area (Å²) in [5.74, 6) is 0.0510. The number of carbonyl (C=O) groups excluding carboxylic acids is 1. The highest BCUT2D eigenvalue weighted by molar-refractivity contribution is 8.13. The van der Waals surface area contributed by atoms with Crippen molar-refractivity contribution in [3.8, 4) is 0 Å². The average Bonchev–Trinajstić information content (AvgIpc) is 2.40. The molecule has 0 N–H and O–H groups in total. The number of amides is 1. The third-order valence-electron chi connectivity index (χ3n) is 3.26. The van der Waals surface area contributed by atoms with Gasteiger partial charge in [0, 0.05) is 43.1 Å². The largest absolute Gasteiger partial charge is 0.385 e. The van der Waals surface area contributed by atoms with Crippen molar-refractivity contribution in [2.45, 2.75) is 24.2 Å². The Balaban J connectivity index is 2.30. The van der Waals surface area contributed by atoms with Gasteiger partial charge in [0.2, 0.25) is 5.91 Å². The van der Waals surface area contributed by atoms with Gasteiger partial charge in [-0.05, 0) is 36.6 Å². The molecule has 0 radical (unpaired) electrons. The van der Waals surface area contributed by atoms with Crippen LogP contribution in [-0.2, 0) is 25.0 Å². The zero-order valence-corrected chi connectivity index (χ0v) is 12.7. The summed E-state index contributed by atoms with van der Waals surface area (Å²) in [4.78, 5) is 13.7. The Morgan fingerprint density at radius 2 is 2.10 bits per heavy atom. The van der Waals surface area contributed by atoms with Crippen molar-refractivity contribution >= 4 is 31.3 Å². The van der Waals surface area contributed by atoms with E-state index in [2.05, 4.69) is 0 Å². The minimum Gasteiger partial charge on any atom is -0.385 e. The summed E-state index contributed by atoms with van der Waals surface area (Å²) < 4.78 is 27.7. The minimum absolute atomic E-state index is 0.0510. The predicted octanol–water partition coefficient (Wildman–Crippen LogP) is 1.93. The van der Waals surface area contributed by atoms with Crippen LogP contribution in [0.25, 0.3) is 0 Å². The van der Waals surface area contributed by atoms with Gasteiger partial charge < -0.3 is 9.64 Å². The van der Waals surface area contributed by atoms with Crippen molar-refractivity contribution in [3.05, 3.63) is 23.8 Å². The molecule has 0 saturated carbocycles. The first kappa shape index (κ1) is 15.3. The highest BCUT2D eigenvalue weighted by Crippen LogP contribution is 2.31. The third kappa shape index (κ3) is 3.31. The van der Waals surface area contributed by atoms with Crippen LogP contribution in [0.5, 0.6) is 0 Å². The molecule has 0 spiro atoms. The lowest BCUT2D eigenvalue weighted by atomic mass is 10.0. The molecule has 0 atom stereocenters. The van der Waals surface area contributed by atoms with E-state index in [1.165, 1.54) is 6.07 Å². The molecule has 5 nitrogen and oxygen atoms in total. The number of aryl methyl sites for hydroxylation is 1. The highest BCUT2D eigenvalue weighted by Gasteiger charge is 2.25. The monoisotopic (exact) mass is 317 g/mol. The van der Waals surface area contributed by atoms with Crippen LogP contribution in [-0.4, -0.2) is 34.6 Å². The van der Waals surface area contributed by atoms with E-state index in [1.54, 1.807) is 24.1 Å². The summed E-state index contributed by atoms with van der Waals surface area (Å²) in [5.41, 5.74) is 1.60. The van der Waals surface area contributed by atoms with Crippen LogP contribution in [0.3, 0.4) is 0 Å². The van der Waals surface area contributed by atoms with Crippen LogP contribution in [0.15, 0.2) is 23.1 Å². The summed E-state index contributed by atoms with van der Waals surface area (Å²) in [6.45, 7) is 1.14. The highest BCUT2D eigenvalue weighted by atomic mass is 35.7. The second-order valence-electron chi connectivity index (χ2n) is 4.62. The first-order chi connectivity index (χ1) is 9.43. The van der Waals surface area contributed by atoms with Crippen molar-refractivity contribution in [2.24, 2.45) is 0 Å². The fourth-order valence-corrected chi connectivity index (χ4v) is 3.10. The van der Waals surface area contributed by atoms with Crippen molar-refractivity contribution in [1.82, 2.24) is 0 Å². The molecule has 0 aliphatic carbocycles. The van der Waals surface area contributed by atoms with Gasteiger partial charge in [-0.2, -0.15) is 0 Å². The lowest BCUT2D eigenvalue weighted by Gasteiger charge is -2.29. The molecule has 1 aromatic rings. The SMILES string of the molecule is COCCCN1C(=O)CCc2cc(S(=O)(=O)Cl)ccc21. The normalized spacial score (nSPS) is 15.3. The van der Waals surface area contributed by atoms with Gasteiger partial charge in [-0.25, -0.2) is 8.42 Å². The Labute approximate surface area is 122 Å². The maximum absolute atomic E-state index is 12.0. The number of halogens is 1. The molecule has 1 heterocycles. The topological polar surface area (TPSA) is 63.7 Å². The molecule has 1 aromatic carbocycles. The van der Waals surface area contributed by atoms with E-state index in [-0.39, 0.29) is 10.8 Å². The van der Waals surface area contributed by atoms with Crippen LogP contribution >= 0.6 is 10.7 Å². The molecule has 0 aromatic heterocycles. The number of carbonyl (C=O) groups is 1. The number of benzene rings is 1. The number of hydrogen-bond donors (Lipinski definition) is 0. The van der Waals surface area contributed by atoms with E-state index < -0.39 is 9.05 Å². The molecule has 0 unspecified atom stereocenters. The van der Waals surface area contributed by atoms with Crippen LogP contribution in [0.4, 0.5) is 5.69 Å². The van der Waals surface area contributed by atoms with Crippen LogP contribution < -0.4 is 4.90 Å². The van der Waals surface area contributed by atoms with Crippen molar-refractivity contribution in [1.29, 1.82) is 0 Å². The molecule has 0 saturated heterocycles. The summed E-state index contributed by atoms with van der Waals surface area (Å²) in [7, 11) is 3.22.